The maximum absolute atomic E-state index is 12.9. The number of hydrogen-bond donors (Lipinski definition) is 1. The lowest BCUT2D eigenvalue weighted by molar-refractivity contribution is 0.0226. The van der Waals surface area contributed by atoms with E-state index in [1.165, 1.54) is 18.4 Å². The fraction of sp³-hybridized carbons (Fsp3) is 0.600. The Morgan fingerprint density at radius 2 is 1.72 bits per heavy atom. The molecule has 0 aliphatic heterocycles. The molecule has 3 heteroatoms. The molecule has 0 saturated heterocycles. The normalized spacial score (nSPS) is 19.1. The Morgan fingerprint density at radius 3 is 2.17 bits per heavy atom. The molecule has 0 heterocycles. The summed E-state index contributed by atoms with van der Waals surface area (Å²) in [6.07, 6.45) is 4.47. The van der Waals surface area contributed by atoms with Gasteiger partial charge in [0, 0.05) is 18.4 Å². The highest BCUT2D eigenvalue weighted by molar-refractivity contribution is 5.31. The minimum absolute atomic E-state index is 0.0905. The number of hydrogen-bond acceptors (Lipinski definition) is 1. The molecule has 1 aliphatic rings. The van der Waals surface area contributed by atoms with Gasteiger partial charge in [-0.2, -0.15) is 0 Å². The molecule has 1 saturated carbocycles. The molecule has 0 unspecified atom stereocenters. The van der Waals surface area contributed by atoms with Gasteiger partial charge in [-0.25, -0.2) is 8.78 Å². The van der Waals surface area contributed by atoms with E-state index in [0.717, 1.165) is 19.8 Å². The Bertz CT molecular complexity index is 386. The summed E-state index contributed by atoms with van der Waals surface area (Å²) >= 11 is 0. The highest BCUT2D eigenvalue weighted by Gasteiger charge is 2.34. The Hall–Kier alpha value is -0.960. The van der Waals surface area contributed by atoms with Crippen molar-refractivity contribution < 1.29 is 8.78 Å². The van der Waals surface area contributed by atoms with Crippen LogP contribution >= 0.6 is 0 Å². The van der Waals surface area contributed by atoms with Gasteiger partial charge in [-0.3, -0.25) is 0 Å². The van der Waals surface area contributed by atoms with Gasteiger partial charge in [-0.1, -0.05) is 37.1 Å². The van der Waals surface area contributed by atoms with Crippen molar-refractivity contribution in [1.29, 1.82) is 0 Å². The minimum Gasteiger partial charge on any atom is -0.330 e. The zero-order chi connectivity index (χ0) is 13.2. The highest BCUT2D eigenvalue weighted by atomic mass is 19.3. The van der Waals surface area contributed by atoms with Gasteiger partial charge < -0.3 is 5.73 Å². The van der Waals surface area contributed by atoms with Crippen molar-refractivity contribution in [1.82, 2.24) is 0 Å². The van der Waals surface area contributed by atoms with Gasteiger partial charge in [0.15, 0.2) is 0 Å². The van der Waals surface area contributed by atoms with Gasteiger partial charge in [0.25, 0.3) is 0 Å². The van der Waals surface area contributed by atoms with E-state index in [1.807, 2.05) is 24.3 Å². The van der Waals surface area contributed by atoms with Crippen molar-refractivity contribution in [3.8, 4) is 0 Å². The molecule has 0 atom stereocenters. The van der Waals surface area contributed by atoms with Crippen molar-refractivity contribution in [3.63, 3.8) is 0 Å². The van der Waals surface area contributed by atoms with Crippen molar-refractivity contribution in [2.24, 2.45) is 5.73 Å². The molecule has 2 rings (SSSR count). The number of benzene rings is 1. The summed E-state index contributed by atoms with van der Waals surface area (Å²) in [5.74, 6) is -2.64. The van der Waals surface area contributed by atoms with E-state index in [0.29, 0.717) is 12.1 Å². The Labute approximate surface area is 107 Å². The van der Waals surface area contributed by atoms with Crippen molar-refractivity contribution in [2.45, 2.75) is 50.4 Å². The maximum Gasteiger partial charge on any atom is 0.249 e. The van der Waals surface area contributed by atoms with Gasteiger partial charge in [-0.15, -0.1) is 0 Å². The molecule has 2 N–H and O–H groups in total. The lowest BCUT2D eigenvalue weighted by atomic mass is 9.78. The zero-order valence-corrected chi connectivity index (χ0v) is 10.9. The first-order chi connectivity index (χ1) is 8.45. The molecule has 0 amide bonds. The van der Waals surface area contributed by atoms with Crippen LogP contribution in [0.4, 0.5) is 8.78 Å². The number of rotatable bonds is 4. The summed E-state index contributed by atoms with van der Waals surface area (Å²) in [5, 5.41) is 0. The second-order valence-corrected chi connectivity index (χ2v) is 5.64. The SMILES string of the molecule is CC(F)(F)Cc1ccc(C2(CN)CCCC2)cc1. The number of nitrogens with two attached hydrogens (primary N) is 1. The molecule has 1 aliphatic carbocycles. The minimum atomic E-state index is -2.64. The van der Waals surface area contributed by atoms with Crippen LogP contribution in [-0.2, 0) is 11.8 Å². The van der Waals surface area contributed by atoms with Crippen LogP contribution in [0.15, 0.2) is 24.3 Å². The molecule has 0 aromatic heterocycles. The number of alkyl halides is 2. The van der Waals surface area contributed by atoms with E-state index < -0.39 is 5.92 Å². The molecule has 1 aromatic rings. The molecule has 1 nitrogen and oxygen atoms in total. The van der Waals surface area contributed by atoms with E-state index in [1.54, 1.807) is 0 Å². The van der Waals surface area contributed by atoms with Crippen molar-refractivity contribution in [2.75, 3.05) is 6.54 Å². The molecular weight excluding hydrogens is 232 g/mol. The molecule has 18 heavy (non-hydrogen) atoms. The first kappa shape index (κ1) is 13.5. The van der Waals surface area contributed by atoms with Crippen LogP contribution in [0.5, 0.6) is 0 Å². The van der Waals surface area contributed by atoms with Crippen LogP contribution in [0.1, 0.15) is 43.7 Å². The van der Waals surface area contributed by atoms with Crippen LogP contribution in [0.3, 0.4) is 0 Å². The van der Waals surface area contributed by atoms with Crippen LogP contribution in [0.2, 0.25) is 0 Å². The van der Waals surface area contributed by atoms with Gasteiger partial charge in [0.2, 0.25) is 5.92 Å². The summed E-state index contributed by atoms with van der Waals surface area (Å²) in [6.45, 7) is 1.61. The molecule has 0 bridgehead atoms. The van der Waals surface area contributed by atoms with E-state index in [9.17, 15) is 8.78 Å². The largest absolute Gasteiger partial charge is 0.330 e. The third kappa shape index (κ3) is 2.89. The third-order valence-corrected chi connectivity index (χ3v) is 4.03. The molecule has 0 radical (unpaired) electrons. The Balaban J connectivity index is 2.16. The fourth-order valence-corrected chi connectivity index (χ4v) is 3.00. The maximum atomic E-state index is 12.9. The fourth-order valence-electron chi connectivity index (χ4n) is 3.00. The van der Waals surface area contributed by atoms with E-state index in [2.05, 4.69) is 0 Å². The second-order valence-electron chi connectivity index (χ2n) is 5.64. The van der Waals surface area contributed by atoms with Crippen LogP contribution < -0.4 is 5.73 Å². The highest BCUT2D eigenvalue weighted by Crippen LogP contribution is 2.40. The zero-order valence-electron chi connectivity index (χ0n) is 10.9. The van der Waals surface area contributed by atoms with Gasteiger partial charge in [0.1, 0.15) is 0 Å². The Morgan fingerprint density at radius 1 is 1.17 bits per heavy atom. The monoisotopic (exact) mass is 253 g/mol. The van der Waals surface area contributed by atoms with Gasteiger partial charge in [-0.05, 0) is 30.9 Å². The number of halogens is 2. The molecule has 100 valence electrons. The lowest BCUT2D eigenvalue weighted by Crippen LogP contribution is -2.31. The van der Waals surface area contributed by atoms with Crippen LogP contribution in [0, 0.1) is 0 Å². The lowest BCUT2D eigenvalue weighted by Gasteiger charge is -2.28. The smallest absolute Gasteiger partial charge is 0.249 e. The van der Waals surface area contributed by atoms with Gasteiger partial charge in [0.05, 0.1) is 0 Å². The van der Waals surface area contributed by atoms with E-state index in [-0.39, 0.29) is 11.8 Å². The average Bonchev–Trinajstić information content (AvgIpc) is 2.77. The predicted octanol–water partition coefficient (Wildman–Crippen LogP) is 3.65. The molecule has 1 aromatic carbocycles. The average molecular weight is 253 g/mol. The van der Waals surface area contributed by atoms with Crippen LogP contribution in [0.25, 0.3) is 0 Å². The first-order valence-electron chi connectivity index (χ1n) is 6.63. The van der Waals surface area contributed by atoms with Gasteiger partial charge >= 0.3 is 0 Å². The molecular formula is C15H21F2N. The first-order valence-corrected chi connectivity index (χ1v) is 6.63. The summed E-state index contributed by atoms with van der Waals surface area (Å²) in [4.78, 5) is 0. The quantitative estimate of drug-likeness (QED) is 0.870. The summed E-state index contributed by atoms with van der Waals surface area (Å²) in [7, 11) is 0. The standard InChI is InChI=1S/C15H21F2N/c1-14(16,17)10-12-4-6-13(7-5-12)15(11-18)8-2-3-9-15/h4-7H,2-3,8-11,18H2,1H3. The molecule has 0 spiro atoms. The third-order valence-electron chi connectivity index (χ3n) is 4.03. The summed E-state index contributed by atoms with van der Waals surface area (Å²) < 4.78 is 25.9. The second kappa shape index (κ2) is 4.96. The van der Waals surface area contributed by atoms with Crippen molar-refractivity contribution in [3.05, 3.63) is 35.4 Å². The topological polar surface area (TPSA) is 26.0 Å². The molecule has 1 fully saturated rings. The summed E-state index contributed by atoms with van der Waals surface area (Å²) in [5.41, 5.74) is 7.92. The van der Waals surface area contributed by atoms with Crippen molar-refractivity contribution >= 4 is 0 Å². The van der Waals surface area contributed by atoms with E-state index in [4.69, 9.17) is 5.73 Å². The van der Waals surface area contributed by atoms with Crippen LogP contribution in [-0.4, -0.2) is 12.5 Å². The summed E-state index contributed by atoms with van der Waals surface area (Å²) in [6, 6.07) is 7.61. The Kier molecular flexibility index (Phi) is 3.71. The van der Waals surface area contributed by atoms with E-state index >= 15 is 0 Å². The predicted molar refractivity (Wildman–Crippen MR) is 70.0 cm³/mol.